The molecule has 2 amide bonds. The van der Waals surface area contributed by atoms with Gasteiger partial charge in [-0.25, -0.2) is 4.79 Å². The Morgan fingerprint density at radius 3 is 2.56 bits per heavy atom. The third-order valence-electron chi connectivity index (χ3n) is 3.85. The standard InChI is InChI=1S/C16H22N6O3/c23-15(12-21-7-9-25-10-8-21)11-17-16(24)20-13-1-3-14(4-2-13)22-18-5-6-19-22/h1-6,15,23H,7-12H2,(H2,17,20,24). The Morgan fingerprint density at radius 1 is 1.20 bits per heavy atom. The predicted molar refractivity (Wildman–Crippen MR) is 91.6 cm³/mol. The van der Waals surface area contributed by atoms with Gasteiger partial charge in [-0.2, -0.15) is 15.0 Å². The van der Waals surface area contributed by atoms with Crippen molar-refractivity contribution in [3.8, 4) is 5.69 Å². The van der Waals surface area contributed by atoms with Crippen LogP contribution in [0.15, 0.2) is 36.7 Å². The van der Waals surface area contributed by atoms with Crippen molar-refractivity contribution in [3.63, 3.8) is 0 Å². The number of nitrogens with one attached hydrogen (secondary N) is 2. The normalized spacial score (nSPS) is 16.4. The van der Waals surface area contributed by atoms with Crippen LogP contribution in [0.4, 0.5) is 10.5 Å². The summed E-state index contributed by atoms with van der Waals surface area (Å²) in [5, 5.41) is 23.5. The van der Waals surface area contributed by atoms with Crippen molar-refractivity contribution >= 4 is 11.7 Å². The van der Waals surface area contributed by atoms with E-state index in [0.29, 0.717) is 25.4 Å². The summed E-state index contributed by atoms with van der Waals surface area (Å²) in [6.07, 6.45) is 2.58. The number of aliphatic hydroxyl groups excluding tert-OH is 1. The summed E-state index contributed by atoms with van der Waals surface area (Å²) < 4.78 is 5.27. The molecule has 1 aromatic carbocycles. The number of carbonyl (C=O) groups is 1. The number of aliphatic hydroxyl groups is 1. The number of nitrogens with zero attached hydrogens (tertiary/aromatic N) is 4. The number of aromatic nitrogens is 3. The monoisotopic (exact) mass is 346 g/mol. The first-order valence-corrected chi connectivity index (χ1v) is 8.20. The lowest BCUT2D eigenvalue weighted by Gasteiger charge is -2.28. The molecule has 1 saturated heterocycles. The molecule has 1 aliphatic rings. The van der Waals surface area contributed by atoms with E-state index in [1.165, 1.54) is 4.80 Å². The van der Waals surface area contributed by atoms with Gasteiger partial charge in [-0.15, -0.1) is 0 Å². The summed E-state index contributed by atoms with van der Waals surface area (Å²) in [5.41, 5.74) is 1.45. The van der Waals surface area contributed by atoms with Gasteiger partial charge in [-0.3, -0.25) is 4.90 Å². The molecule has 0 saturated carbocycles. The third-order valence-corrected chi connectivity index (χ3v) is 3.85. The highest BCUT2D eigenvalue weighted by atomic mass is 16.5. The first kappa shape index (κ1) is 17.3. The van der Waals surface area contributed by atoms with Gasteiger partial charge in [-0.1, -0.05) is 0 Å². The van der Waals surface area contributed by atoms with Crippen molar-refractivity contribution < 1.29 is 14.6 Å². The van der Waals surface area contributed by atoms with Crippen LogP contribution in [-0.4, -0.2) is 76.5 Å². The second-order valence-electron chi connectivity index (χ2n) is 5.77. The number of morpholine rings is 1. The van der Waals surface area contributed by atoms with Crippen LogP contribution < -0.4 is 10.6 Å². The molecule has 3 N–H and O–H groups in total. The van der Waals surface area contributed by atoms with Crippen LogP contribution in [0.5, 0.6) is 0 Å². The van der Waals surface area contributed by atoms with E-state index in [4.69, 9.17) is 4.74 Å². The Bertz CT molecular complexity index is 655. The van der Waals surface area contributed by atoms with E-state index in [9.17, 15) is 9.90 Å². The van der Waals surface area contributed by atoms with Gasteiger partial charge >= 0.3 is 6.03 Å². The highest BCUT2D eigenvalue weighted by Crippen LogP contribution is 2.11. The molecule has 1 aliphatic heterocycles. The van der Waals surface area contributed by atoms with Gasteiger partial charge in [0.1, 0.15) is 0 Å². The first-order valence-electron chi connectivity index (χ1n) is 8.20. The zero-order valence-electron chi connectivity index (χ0n) is 13.8. The molecule has 0 spiro atoms. The smallest absolute Gasteiger partial charge is 0.319 e. The lowest BCUT2D eigenvalue weighted by Crippen LogP contribution is -2.45. The minimum Gasteiger partial charge on any atom is -0.390 e. The predicted octanol–water partition coefficient (Wildman–Crippen LogP) is 0.0819. The molecule has 25 heavy (non-hydrogen) atoms. The molecule has 1 atom stereocenters. The molecule has 9 heteroatoms. The minimum atomic E-state index is -0.614. The van der Waals surface area contributed by atoms with Gasteiger partial charge in [0.2, 0.25) is 0 Å². The van der Waals surface area contributed by atoms with Gasteiger partial charge in [0, 0.05) is 31.9 Å². The largest absolute Gasteiger partial charge is 0.390 e. The first-order chi connectivity index (χ1) is 12.2. The highest BCUT2D eigenvalue weighted by Gasteiger charge is 2.15. The molecule has 0 radical (unpaired) electrons. The van der Waals surface area contributed by atoms with Crippen LogP contribution in [0.1, 0.15) is 0 Å². The van der Waals surface area contributed by atoms with E-state index in [2.05, 4.69) is 25.7 Å². The number of carbonyl (C=O) groups excluding carboxylic acids is 1. The third kappa shape index (κ3) is 5.24. The maximum absolute atomic E-state index is 11.9. The van der Waals surface area contributed by atoms with Crippen LogP contribution in [0.25, 0.3) is 5.69 Å². The van der Waals surface area contributed by atoms with Crippen LogP contribution in [0.2, 0.25) is 0 Å². The van der Waals surface area contributed by atoms with Crippen LogP contribution in [0, 0.1) is 0 Å². The SMILES string of the molecule is O=C(NCC(O)CN1CCOCC1)Nc1ccc(-n2nccn2)cc1. The summed E-state index contributed by atoms with van der Waals surface area (Å²) in [4.78, 5) is 15.5. The van der Waals surface area contributed by atoms with Crippen molar-refractivity contribution in [1.29, 1.82) is 0 Å². The van der Waals surface area contributed by atoms with E-state index in [0.717, 1.165) is 18.8 Å². The van der Waals surface area contributed by atoms with E-state index < -0.39 is 6.10 Å². The number of benzene rings is 1. The quantitative estimate of drug-likeness (QED) is 0.684. The average Bonchev–Trinajstić information content (AvgIpc) is 3.16. The molecule has 2 heterocycles. The highest BCUT2D eigenvalue weighted by molar-refractivity contribution is 5.89. The Balaban J connectivity index is 1.41. The molecule has 3 rings (SSSR count). The Labute approximate surface area is 145 Å². The van der Waals surface area contributed by atoms with Crippen LogP contribution >= 0.6 is 0 Å². The van der Waals surface area contributed by atoms with Gasteiger partial charge < -0.3 is 20.5 Å². The summed E-state index contributed by atoms with van der Waals surface area (Å²) in [5.74, 6) is 0. The maximum Gasteiger partial charge on any atom is 0.319 e. The molecule has 9 nitrogen and oxygen atoms in total. The van der Waals surface area contributed by atoms with E-state index >= 15 is 0 Å². The summed E-state index contributed by atoms with van der Waals surface area (Å²) in [6, 6.07) is 6.79. The second kappa shape index (κ2) is 8.56. The Kier molecular flexibility index (Phi) is 5.94. The zero-order valence-corrected chi connectivity index (χ0v) is 13.8. The topological polar surface area (TPSA) is 105 Å². The zero-order chi connectivity index (χ0) is 17.5. The fraction of sp³-hybridized carbons (Fsp3) is 0.438. The molecule has 1 fully saturated rings. The van der Waals surface area contributed by atoms with Crippen molar-refractivity contribution in [2.45, 2.75) is 6.10 Å². The van der Waals surface area contributed by atoms with E-state index in [-0.39, 0.29) is 12.6 Å². The molecule has 0 aliphatic carbocycles. The molecular weight excluding hydrogens is 324 g/mol. The van der Waals surface area contributed by atoms with Crippen molar-refractivity contribution in [2.24, 2.45) is 0 Å². The number of anilines is 1. The van der Waals surface area contributed by atoms with Gasteiger partial charge in [-0.05, 0) is 24.3 Å². The summed E-state index contributed by atoms with van der Waals surface area (Å²) in [7, 11) is 0. The number of amides is 2. The average molecular weight is 346 g/mol. The number of β-amino-alcohol motifs (C(OH)–C–C–N with tert-alkyl or cyclic N) is 1. The molecule has 0 bridgehead atoms. The molecule has 1 aromatic heterocycles. The lowest BCUT2D eigenvalue weighted by atomic mass is 10.3. The van der Waals surface area contributed by atoms with Gasteiger partial charge in [0.15, 0.2) is 0 Å². The van der Waals surface area contributed by atoms with Crippen molar-refractivity contribution in [1.82, 2.24) is 25.2 Å². The summed E-state index contributed by atoms with van der Waals surface area (Å²) in [6.45, 7) is 3.70. The molecule has 1 unspecified atom stereocenters. The fourth-order valence-corrected chi connectivity index (χ4v) is 2.56. The van der Waals surface area contributed by atoms with E-state index in [1.807, 2.05) is 12.1 Å². The Morgan fingerprint density at radius 2 is 1.88 bits per heavy atom. The van der Waals surface area contributed by atoms with Gasteiger partial charge in [0.05, 0.1) is 37.4 Å². The molecular formula is C16H22N6O3. The molecule has 134 valence electrons. The van der Waals surface area contributed by atoms with Crippen molar-refractivity contribution in [3.05, 3.63) is 36.7 Å². The number of urea groups is 1. The number of ether oxygens (including phenoxy) is 1. The van der Waals surface area contributed by atoms with Crippen LogP contribution in [0.3, 0.4) is 0 Å². The van der Waals surface area contributed by atoms with Crippen LogP contribution in [-0.2, 0) is 4.74 Å². The summed E-state index contributed by atoms with van der Waals surface area (Å²) >= 11 is 0. The maximum atomic E-state index is 11.9. The second-order valence-corrected chi connectivity index (χ2v) is 5.77. The minimum absolute atomic E-state index is 0.193. The van der Waals surface area contributed by atoms with E-state index in [1.54, 1.807) is 24.5 Å². The number of hydrogen-bond acceptors (Lipinski definition) is 6. The fourth-order valence-electron chi connectivity index (χ4n) is 2.56. The number of hydrogen-bond donors (Lipinski definition) is 3. The molecule has 2 aromatic rings. The van der Waals surface area contributed by atoms with Crippen molar-refractivity contribution in [2.75, 3.05) is 44.7 Å². The van der Waals surface area contributed by atoms with Gasteiger partial charge in [0.25, 0.3) is 0 Å². The lowest BCUT2D eigenvalue weighted by molar-refractivity contribution is 0.0154. The Hall–Kier alpha value is -2.49. The number of rotatable bonds is 6.